The van der Waals surface area contributed by atoms with Crippen LogP contribution in [0.1, 0.15) is 29.7 Å². The van der Waals surface area contributed by atoms with Crippen LogP contribution in [0.25, 0.3) is 0 Å². The van der Waals surface area contributed by atoms with Crippen LogP contribution in [0, 0.1) is 0 Å². The average Bonchev–Trinajstić information content (AvgIpc) is 2.93. The van der Waals surface area contributed by atoms with E-state index in [1.807, 2.05) is 4.90 Å². The smallest absolute Gasteiger partial charge is 0.236 e. The summed E-state index contributed by atoms with van der Waals surface area (Å²) in [5, 5.41) is 5.37. The zero-order valence-electron chi connectivity index (χ0n) is 12.2. The van der Waals surface area contributed by atoms with Crippen molar-refractivity contribution in [3.63, 3.8) is 0 Å². The zero-order chi connectivity index (χ0) is 14.2. The maximum Gasteiger partial charge on any atom is 0.236 e. The second kappa shape index (κ2) is 8.39. The number of hydrogen-bond acceptors (Lipinski definition) is 4. The average molecular weight is 296 g/mol. The summed E-state index contributed by atoms with van der Waals surface area (Å²) in [5.41, 5.74) is 1.33. The number of rotatable bonds is 8. The van der Waals surface area contributed by atoms with Gasteiger partial charge in [-0.25, -0.2) is 0 Å². The van der Waals surface area contributed by atoms with Crippen LogP contribution in [0.3, 0.4) is 0 Å². The van der Waals surface area contributed by atoms with Gasteiger partial charge in [-0.3, -0.25) is 4.79 Å². The summed E-state index contributed by atoms with van der Waals surface area (Å²) in [6, 6.07) is 2.14. The first-order chi connectivity index (χ1) is 9.81. The Bertz CT molecular complexity index is 420. The molecule has 0 fully saturated rings. The van der Waals surface area contributed by atoms with Crippen LogP contribution >= 0.6 is 11.3 Å². The molecule has 112 valence electrons. The molecule has 1 aliphatic heterocycles. The van der Waals surface area contributed by atoms with Gasteiger partial charge in [-0.05, 0) is 49.2 Å². The van der Waals surface area contributed by atoms with E-state index in [-0.39, 0.29) is 5.91 Å². The first kappa shape index (κ1) is 15.5. The number of carbonyl (C=O) groups excluding carboxylic acids is 1. The molecule has 0 bridgehead atoms. The molecule has 0 saturated carbocycles. The van der Waals surface area contributed by atoms with Gasteiger partial charge >= 0.3 is 0 Å². The Balaban J connectivity index is 1.59. The Labute approximate surface area is 125 Å². The minimum atomic E-state index is 0.221. The van der Waals surface area contributed by atoms with Crippen LogP contribution in [-0.4, -0.2) is 44.2 Å². The molecular weight excluding hydrogens is 272 g/mol. The normalized spacial score (nSPS) is 14.3. The quantitative estimate of drug-likeness (QED) is 0.746. The van der Waals surface area contributed by atoms with Gasteiger partial charge in [-0.15, -0.1) is 11.3 Å². The summed E-state index contributed by atoms with van der Waals surface area (Å²) in [6.45, 7) is 3.85. The molecule has 5 heteroatoms. The largest absolute Gasteiger partial charge is 0.385 e. The van der Waals surface area contributed by atoms with E-state index >= 15 is 0 Å². The standard InChI is InChI=1S/C15H24N2O2S/c1-19-9-4-2-3-7-16-11-15(18)17-8-5-14-13(12-17)6-10-20-14/h6,10,16H,2-5,7-9,11-12H2,1H3. The molecule has 1 amide bonds. The fourth-order valence-corrected chi connectivity index (χ4v) is 3.33. The molecule has 1 aromatic rings. The van der Waals surface area contributed by atoms with Crippen LogP contribution in [0.4, 0.5) is 0 Å². The van der Waals surface area contributed by atoms with Crippen LogP contribution in [0.2, 0.25) is 0 Å². The molecule has 0 aliphatic carbocycles. The fourth-order valence-electron chi connectivity index (χ4n) is 2.44. The number of carbonyl (C=O) groups is 1. The number of ether oxygens (including phenoxy) is 1. The summed E-state index contributed by atoms with van der Waals surface area (Å²) in [4.78, 5) is 15.5. The number of amides is 1. The Morgan fingerprint density at radius 1 is 1.45 bits per heavy atom. The fraction of sp³-hybridized carbons (Fsp3) is 0.667. The van der Waals surface area contributed by atoms with E-state index in [1.54, 1.807) is 18.4 Å². The maximum atomic E-state index is 12.1. The first-order valence-electron chi connectivity index (χ1n) is 7.34. The van der Waals surface area contributed by atoms with Crippen molar-refractivity contribution in [3.05, 3.63) is 21.9 Å². The van der Waals surface area contributed by atoms with Crippen molar-refractivity contribution in [1.82, 2.24) is 10.2 Å². The first-order valence-corrected chi connectivity index (χ1v) is 8.22. The van der Waals surface area contributed by atoms with Crippen LogP contribution in [0.5, 0.6) is 0 Å². The molecular formula is C15H24N2O2S. The van der Waals surface area contributed by atoms with Crippen LogP contribution in [0.15, 0.2) is 11.4 Å². The van der Waals surface area contributed by atoms with Gasteiger partial charge in [0.15, 0.2) is 0 Å². The molecule has 0 spiro atoms. The number of thiophene rings is 1. The molecule has 1 N–H and O–H groups in total. The van der Waals surface area contributed by atoms with E-state index in [0.29, 0.717) is 6.54 Å². The zero-order valence-corrected chi connectivity index (χ0v) is 13.0. The van der Waals surface area contributed by atoms with Gasteiger partial charge in [-0.1, -0.05) is 0 Å². The Morgan fingerprint density at radius 2 is 2.35 bits per heavy atom. The lowest BCUT2D eigenvalue weighted by Gasteiger charge is -2.27. The van der Waals surface area contributed by atoms with Gasteiger partial charge in [0.2, 0.25) is 5.91 Å². The monoisotopic (exact) mass is 296 g/mol. The Kier molecular flexibility index (Phi) is 6.50. The van der Waals surface area contributed by atoms with Crippen LogP contribution < -0.4 is 5.32 Å². The molecule has 4 nitrogen and oxygen atoms in total. The third-order valence-corrected chi connectivity index (χ3v) is 4.66. The highest BCUT2D eigenvalue weighted by molar-refractivity contribution is 7.10. The summed E-state index contributed by atoms with van der Waals surface area (Å²) in [7, 11) is 1.73. The van der Waals surface area contributed by atoms with E-state index in [9.17, 15) is 4.79 Å². The van der Waals surface area contributed by atoms with Crippen molar-refractivity contribution in [1.29, 1.82) is 0 Å². The van der Waals surface area contributed by atoms with E-state index in [0.717, 1.165) is 51.9 Å². The lowest BCUT2D eigenvalue weighted by molar-refractivity contribution is -0.131. The summed E-state index contributed by atoms with van der Waals surface area (Å²) < 4.78 is 5.01. The minimum Gasteiger partial charge on any atom is -0.385 e. The summed E-state index contributed by atoms with van der Waals surface area (Å²) in [5.74, 6) is 0.221. The predicted molar refractivity (Wildman–Crippen MR) is 82.0 cm³/mol. The molecule has 2 heterocycles. The van der Waals surface area contributed by atoms with Gasteiger partial charge in [0.1, 0.15) is 0 Å². The van der Waals surface area contributed by atoms with E-state index in [1.165, 1.54) is 10.4 Å². The maximum absolute atomic E-state index is 12.1. The van der Waals surface area contributed by atoms with Gasteiger partial charge in [-0.2, -0.15) is 0 Å². The van der Waals surface area contributed by atoms with Crippen molar-refractivity contribution < 1.29 is 9.53 Å². The van der Waals surface area contributed by atoms with Crippen molar-refractivity contribution in [2.24, 2.45) is 0 Å². The van der Waals surface area contributed by atoms with E-state index < -0.39 is 0 Å². The lowest BCUT2D eigenvalue weighted by Crippen LogP contribution is -2.41. The third-order valence-electron chi connectivity index (χ3n) is 3.64. The molecule has 1 aliphatic rings. The van der Waals surface area contributed by atoms with Gasteiger partial charge in [0.05, 0.1) is 6.54 Å². The Hall–Kier alpha value is -0.910. The topological polar surface area (TPSA) is 41.6 Å². The highest BCUT2D eigenvalue weighted by atomic mass is 32.1. The SMILES string of the molecule is COCCCCCNCC(=O)N1CCc2sccc2C1. The van der Waals surface area contributed by atoms with Gasteiger partial charge in [0, 0.05) is 31.7 Å². The van der Waals surface area contributed by atoms with Crippen molar-refractivity contribution in [3.8, 4) is 0 Å². The molecule has 2 rings (SSSR count). The van der Waals surface area contributed by atoms with Crippen molar-refractivity contribution in [2.75, 3.05) is 33.4 Å². The van der Waals surface area contributed by atoms with Gasteiger partial charge in [0.25, 0.3) is 0 Å². The molecule has 1 aromatic heterocycles. The minimum absolute atomic E-state index is 0.221. The van der Waals surface area contributed by atoms with Crippen LogP contribution in [-0.2, 0) is 22.5 Å². The number of hydrogen-bond donors (Lipinski definition) is 1. The van der Waals surface area contributed by atoms with E-state index in [4.69, 9.17) is 4.74 Å². The molecule has 0 atom stereocenters. The molecule has 20 heavy (non-hydrogen) atoms. The summed E-state index contributed by atoms with van der Waals surface area (Å²) >= 11 is 1.81. The third kappa shape index (κ3) is 4.58. The van der Waals surface area contributed by atoms with Crippen molar-refractivity contribution >= 4 is 17.2 Å². The Morgan fingerprint density at radius 3 is 3.20 bits per heavy atom. The number of methoxy groups -OCH3 is 1. The molecule has 0 aromatic carbocycles. The molecule has 0 saturated heterocycles. The second-order valence-corrected chi connectivity index (χ2v) is 6.17. The van der Waals surface area contributed by atoms with Crippen molar-refractivity contribution in [2.45, 2.75) is 32.2 Å². The van der Waals surface area contributed by atoms with Gasteiger partial charge < -0.3 is 15.0 Å². The highest BCUT2D eigenvalue weighted by Gasteiger charge is 2.20. The molecule has 0 radical (unpaired) electrons. The second-order valence-electron chi connectivity index (χ2n) is 5.16. The highest BCUT2D eigenvalue weighted by Crippen LogP contribution is 2.23. The molecule has 0 unspecified atom stereocenters. The number of nitrogens with zero attached hydrogens (tertiary/aromatic N) is 1. The predicted octanol–water partition coefficient (Wildman–Crippen LogP) is 2.04. The van der Waals surface area contributed by atoms with E-state index in [2.05, 4.69) is 16.8 Å². The number of nitrogens with one attached hydrogen (secondary N) is 1. The summed E-state index contributed by atoms with van der Waals surface area (Å²) in [6.07, 6.45) is 4.36. The lowest BCUT2D eigenvalue weighted by atomic mass is 10.1. The number of unbranched alkanes of at least 4 members (excludes halogenated alkanes) is 2. The number of fused-ring (bicyclic) bond motifs is 1.